The van der Waals surface area contributed by atoms with Crippen LogP contribution in [0.5, 0.6) is 5.75 Å². The van der Waals surface area contributed by atoms with E-state index in [1.165, 1.54) is 5.56 Å². The smallest absolute Gasteiger partial charge is 0.258 e. The number of benzene rings is 3. The minimum atomic E-state index is -0.185. The Morgan fingerprint density at radius 3 is 2.38 bits per heavy atom. The van der Waals surface area contributed by atoms with Crippen LogP contribution in [0.3, 0.4) is 0 Å². The molecule has 0 heterocycles. The van der Waals surface area contributed by atoms with Crippen molar-refractivity contribution in [2.45, 2.75) is 31.6 Å². The average molecular weight is 387 g/mol. The average Bonchev–Trinajstić information content (AvgIpc) is 2.78. The zero-order valence-electron chi connectivity index (χ0n) is 16.3. The van der Waals surface area contributed by atoms with E-state index in [1.54, 1.807) is 0 Å². The molecule has 0 aromatic heterocycles. The summed E-state index contributed by atoms with van der Waals surface area (Å²) in [4.78, 5) is 12.6. The summed E-state index contributed by atoms with van der Waals surface area (Å²) in [6.07, 6.45) is 1.74. The van der Waals surface area contributed by atoms with Gasteiger partial charge in [0, 0.05) is 0 Å². The Morgan fingerprint density at radius 2 is 1.59 bits per heavy atom. The first-order valence-corrected chi connectivity index (χ1v) is 10.00. The van der Waals surface area contributed by atoms with Crippen LogP contribution in [0.4, 0.5) is 0 Å². The molecule has 0 fully saturated rings. The summed E-state index contributed by atoms with van der Waals surface area (Å²) in [6.45, 7) is 0.509. The molecule has 0 bridgehead atoms. The third-order valence-electron chi connectivity index (χ3n) is 5.20. The number of amides is 1. The number of carbonyl (C=O) groups is 1. The van der Waals surface area contributed by atoms with E-state index >= 15 is 0 Å². The number of para-hydroxylation sites is 1. The molecule has 29 heavy (non-hydrogen) atoms. The maximum absolute atomic E-state index is 12.6. The van der Waals surface area contributed by atoms with Crippen molar-refractivity contribution < 1.29 is 14.3 Å². The highest BCUT2D eigenvalue weighted by Gasteiger charge is 2.31. The fraction of sp³-hybridized carbons (Fsp3) is 0.240. The van der Waals surface area contributed by atoms with Crippen LogP contribution in [0.25, 0.3) is 0 Å². The van der Waals surface area contributed by atoms with Crippen LogP contribution < -0.4 is 10.1 Å². The standard InChI is InChI=1S/C25H25NO3/c27-24(18-28-21-12-5-2-6-13-21)26-25-22-14-8-7-11-20(22)15-16-23(25)29-17-19-9-3-1-4-10-19/h1-14,23,25H,15-18H2,(H,26,27)/t23-,25-/m1/s1. The van der Waals surface area contributed by atoms with E-state index in [9.17, 15) is 4.79 Å². The van der Waals surface area contributed by atoms with Gasteiger partial charge in [-0.05, 0) is 41.7 Å². The van der Waals surface area contributed by atoms with Crippen LogP contribution in [0.1, 0.15) is 29.2 Å². The van der Waals surface area contributed by atoms with E-state index in [1.807, 2.05) is 60.7 Å². The zero-order valence-corrected chi connectivity index (χ0v) is 16.3. The molecule has 4 heteroatoms. The van der Waals surface area contributed by atoms with E-state index in [0.717, 1.165) is 24.0 Å². The Hall–Kier alpha value is -3.11. The second-order valence-electron chi connectivity index (χ2n) is 7.22. The first kappa shape index (κ1) is 19.2. The minimum absolute atomic E-state index is 0.0198. The van der Waals surface area contributed by atoms with Gasteiger partial charge in [0.05, 0.1) is 18.8 Å². The molecular formula is C25H25NO3. The Labute approximate surface area is 171 Å². The summed E-state index contributed by atoms with van der Waals surface area (Å²) in [5.74, 6) is 0.535. The number of carbonyl (C=O) groups excluding carboxylic acids is 1. The topological polar surface area (TPSA) is 47.6 Å². The van der Waals surface area contributed by atoms with Gasteiger partial charge in [-0.1, -0.05) is 72.8 Å². The molecule has 0 spiro atoms. The van der Waals surface area contributed by atoms with Crippen molar-refractivity contribution in [1.29, 1.82) is 0 Å². The molecule has 4 nitrogen and oxygen atoms in total. The fourth-order valence-electron chi connectivity index (χ4n) is 3.74. The van der Waals surface area contributed by atoms with Crippen molar-refractivity contribution in [3.8, 4) is 5.75 Å². The van der Waals surface area contributed by atoms with Gasteiger partial charge in [0.1, 0.15) is 5.75 Å². The van der Waals surface area contributed by atoms with Crippen molar-refractivity contribution in [2.75, 3.05) is 6.61 Å². The predicted molar refractivity (Wildman–Crippen MR) is 113 cm³/mol. The molecule has 0 unspecified atom stereocenters. The van der Waals surface area contributed by atoms with Crippen LogP contribution in [-0.4, -0.2) is 18.6 Å². The quantitative estimate of drug-likeness (QED) is 0.651. The normalized spacial score (nSPS) is 17.9. The van der Waals surface area contributed by atoms with Gasteiger partial charge in [-0.3, -0.25) is 4.79 Å². The molecule has 1 aliphatic rings. The first-order chi connectivity index (χ1) is 14.3. The molecule has 1 amide bonds. The van der Waals surface area contributed by atoms with Gasteiger partial charge in [0.2, 0.25) is 0 Å². The number of aryl methyl sites for hydroxylation is 1. The highest BCUT2D eigenvalue weighted by atomic mass is 16.5. The van der Waals surface area contributed by atoms with E-state index < -0.39 is 0 Å². The summed E-state index contributed by atoms with van der Waals surface area (Å²) >= 11 is 0. The summed E-state index contributed by atoms with van der Waals surface area (Å²) in [6, 6.07) is 27.6. The lowest BCUT2D eigenvalue weighted by Gasteiger charge is -2.34. The lowest BCUT2D eigenvalue weighted by atomic mass is 9.85. The molecule has 0 radical (unpaired) electrons. The monoisotopic (exact) mass is 387 g/mol. The van der Waals surface area contributed by atoms with Gasteiger partial charge >= 0.3 is 0 Å². The van der Waals surface area contributed by atoms with E-state index in [2.05, 4.69) is 29.6 Å². The minimum Gasteiger partial charge on any atom is -0.484 e. The maximum Gasteiger partial charge on any atom is 0.258 e. The van der Waals surface area contributed by atoms with Gasteiger partial charge in [0.15, 0.2) is 6.61 Å². The summed E-state index contributed by atoms with van der Waals surface area (Å²) in [5, 5.41) is 3.14. The first-order valence-electron chi connectivity index (χ1n) is 10.00. The van der Waals surface area contributed by atoms with Gasteiger partial charge in [-0.15, -0.1) is 0 Å². The molecule has 148 valence electrons. The second-order valence-corrected chi connectivity index (χ2v) is 7.22. The zero-order chi connectivity index (χ0) is 19.9. The predicted octanol–water partition coefficient (Wildman–Crippen LogP) is 4.45. The lowest BCUT2D eigenvalue weighted by Crippen LogP contribution is -2.42. The van der Waals surface area contributed by atoms with Crippen LogP contribution in [0.2, 0.25) is 0 Å². The second kappa shape index (κ2) is 9.39. The highest BCUT2D eigenvalue weighted by molar-refractivity contribution is 5.78. The fourth-order valence-corrected chi connectivity index (χ4v) is 3.74. The molecule has 0 aliphatic heterocycles. The number of hydrogen-bond acceptors (Lipinski definition) is 3. The van der Waals surface area contributed by atoms with E-state index in [4.69, 9.17) is 9.47 Å². The largest absolute Gasteiger partial charge is 0.484 e. The van der Waals surface area contributed by atoms with E-state index in [0.29, 0.717) is 12.4 Å². The molecular weight excluding hydrogens is 362 g/mol. The van der Waals surface area contributed by atoms with Crippen LogP contribution in [0.15, 0.2) is 84.9 Å². The van der Waals surface area contributed by atoms with Gasteiger partial charge in [-0.25, -0.2) is 0 Å². The molecule has 0 saturated heterocycles. The third kappa shape index (κ3) is 5.04. The molecule has 3 aromatic rings. The van der Waals surface area contributed by atoms with Crippen molar-refractivity contribution >= 4 is 5.91 Å². The number of hydrogen-bond donors (Lipinski definition) is 1. The SMILES string of the molecule is O=C(COc1ccccc1)N[C@@H]1c2ccccc2CC[C@H]1OCc1ccccc1. The van der Waals surface area contributed by atoms with Crippen LogP contribution >= 0.6 is 0 Å². The Balaban J connectivity index is 1.44. The molecule has 0 saturated carbocycles. The molecule has 3 aromatic carbocycles. The van der Waals surface area contributed by atoms with Crippen LogP contribution in [-0.2, 0) is 22.6 Å². The van der Waals surface area contributed by atoms with Gasteiger partial charge < -0.3 is 14.8 Å². The van der Waals surface area contributed by atoms with Crippen molar-refractivity contribution in [3.05, 3.63) is 102 Å². The van der Waals surface area contributed by atoms with Crippen molar-refractivity contribution in [2.24, 2.45) is 0 Å². The van der Waals surface area contributed by atoms with Gasteiger partial charge in [-0.2, -0.15) is 0 Å². The summed E-state index contributed by atoms with van der Waals surface area (Å²) in [5.41, 5.74) is 3.52. The summed E-state index contributed by atoms with van der Waals surface area (Å²) in [7, 11) is 0. The Kier molecular flexibility index (Phi) is 6.22. The number of fused-ring (bicyclic) bond motifs is 1. The number of ether oxygens (including phenoxy) is 2. The number of rotatable bonds is 7. The third-order valence-corrected chi connectivity index (χ3v) is 5.20. The molecule has 2 atom stereocenters. The van der Waals surface area contributed by atoms with Crippen molar-refractivity contribution in [1.82, 2.24) is 5.32 Å². The van der Waals surface area contributed by atoms with Crippen LogP contribution in [0, 0.1) is 0 Å². The Bertz CT molecular complexity index is 927. The Morgan fingerprint density at radius 1 is 0.897 bits per heavy atom. The maximum atomic E-state index is 12.6. The van der Waals surface area contributed by atoms with Gasteiger partial charge in [0.25, 0.3) is 5.91 Å². The van der Waals surface area contributed by atoms with E-state index in [-0.39, 0.29) is 24.7 Å². The summed E-state index contributed by atoms with van der Waals surface area (Å²) < 4.78 is 11.9. The molecule has 4 rings (SSSR count). The number of nitrogens with one attached hydrogen (secondary N) is 1. The lowest BCUT2D eigenvalue weighted by molar-refractivity contribution is -0.125. The molecule has 1 N–H and O–H groups in total. The van der Waals surface area contributed by atoms with Crippen molar-refractivity contribution in [3.63, 3.8) is 0 Å². The highest BCUT2D eigenvalue weighted by Crippen LogP contribution is 2.32. The molecule has 1 aliphatic carbocycles.